The van der Waals surface area contributed by atoms with Gasteiger partial charge in [0.15, 0.2) is 11.5 Å². The molecule has 0 saturated carbocycles. The van der Waals surface area contributed by atoms with E-state index in [1.807, 2.05) is 13.8 Å². The molecule has 1 aliphatic heterocycles. The van der Waals surface area contributed by atoms with Crippen molar-refractivity contribution in [1.29, 1.82) is 0 Å². The van der Waals surface area contributed by atoms with Crippen LogP contribution in [-0.2, 0) is 6.54 Å². The van der Waals surface area contributed by atoms with Gasteiger partial charge in [0.05, 0.1) is 25.0 Å². The molecule has 0 atom stereocenters. The SMILES string of the molecule is COc1c(C)cnc(CN(C(=O)O)c2ccc3c(c2)OCCO3)c1C. The molecule has 1 aromatic heterocycles. The molecule has 2 heterocycles. The molecular weight excluding hydrogens is 324 g/mol. The molecule has 1 aliphatic rings. The Labute approximate surface area is 145 Å². The quantitative estimate of drug-likeness (QED) is 0.917. The molecule has 1 amide bonds. The lowest BCUT2D eigenvalue weighted by atomic mass is 10.1. The number of methoxy groups -OCH3 is 1. The van der Waals surface area contributed by atoms with Crippen LogP contribution in [0.5, 0.6) is 17.2 Å². The van der Waals surface area contributed by atoms with Crippen molar-refractivity contribution in [2.75, 3.05) is 25.2 Å². The molecule has 0 unspecified atom stereocenters. The van der Waals surface area contributed by atoms with Gasteiger partial charge < -0.3 is 19.3 Å². The normalized spacial score (nSPS) is 12.6. The molecule has 0 fully saturated rings. The lowest BCUT2D eigenvalue weighted by Gasteiger charge is -2.24. The number of rotatable bonds is 4. The zero-order valence-corrected chi connectivity index (χ0v) is 14.4. The Morgan fingerprint density at radius 1 is 1.28 bits per heavy atom. The fourth-order valence-corrected chi connectivity index (χ4v) is 2.85. The average Bonchev–Trinajstić information content (AvgIpc) is 2.61. The number of carboxylic acid groups (broad SMARTS) is 1. The zero-order chi connectivity index (χ0) is 18.0. The molecule has 0 bridgehead atoms. The predicted octanol–water partition coefficient (Wildman–Crippen LogP) is 3.16. The minimum absolute atomic E-state index is 0.109. The highest BCUT2D eigenvalue weighted by Gasteiger charge is 2.21. The van der Waals surface area contributed by atoms with Gasteiger partial charge in [-0.2, -0.15) is 0 Å². The summed E-state index contributed by atoms with van der Waals surface area (Å²) < 4.78 is 16.4. The summed E-state index contributed by atoms with van der Waals surface area (Å²) in [5.41, 5.74) is 2.87. The Morgan fingerprint density at radius 2 is 2.00 bits per heavy atom. The van der Waals surface area contributed by atoms with Gasteiger partial charge in [0.1, 0.15) is 19.0 Å². The Hall–Kier alpha value is -2.96. The minimum Gasteiger partial charge on any atom is -0.496 e. The third kappa shape index (κ3) is 3.31. The Bertz CT molecular complexity index is 806. The van der Waals surface area contributed by atoms with E-state index < -0.39 is 6.09 Å². The average molecular weight is 344 g/mol. The van der Waals surface area contributed by atoms with Gasteiger partial charge in [0, 0.05) is 23.4 Å². The monoisotopic (exact) mass is 344 g/mol. The number of anilines is 1. The van der Waals surface area contributed by atoms with Crippen molar-refractivity contribution in [2.45, 2.75) is 20.4 Å². The Kier molecular flexibility index (Phi) is 4.65. The Balaban J connectivity index is 1.94. The van der Waals surface area contributed by atoms with Crippen LogP contribution in [0.2, 0.25) is 0 Å². The zero-order valence-electron chi connectivity index (χ0n) is 14.4. The van der Waals surface area contributed by atoms with E-state index in [0.717, 1.165) is 16.9 Å². The van der Waals surface area contributed by atoms with Gasteiger partial charge in [-0.1, -0.05) is 0 Å². The van der Waals surface area contributed by atoms with Crippen molar-refractivity contribution in [1.82, 2.24) is 4.98 Å². The first kappa shape index (κ1) is 16.9. The van der Waals surface area contributed by atoms with Gasteiger partial charge in [-0.15, -0.1) is 0 Å². The molecule has 132 valence electrons. The van der Waals surface area contributed by atoms with Gasteiger partial charge in [0.2, 0.25) is 0 Å². The molecular formula is C18H20N2O5. The second-order valence-corrected chi connectivity index (χ2v) is 5.74. The fraction of sp³-hybridized carbons (Fsp3) is 0.333. The number of benzene rings is 1. The molecule has 0 spiro atoms. The highest BCUT2D eigenvalue weighted by atomic mass is 16.6. The first-order chi connectivity index (χ1) is 12.0. The summed E-state index contributed by atoms with van der Waals surface area (Å²) in [6, 6.07) is 5.08. The second kappa shape index (κ2) is 6.88. The van der Waals surface area contributed by atoms with Crippen molar-refractivity contribution in [3.63, 3.8) is 0 Å². The van der Waals surface area contributed by atoms with Gasteiger partial charge in [-0.05, 0) is 26.0 Å². The second-order valence-electron chi connectivity index (χ2n) is 5.74. The summed E-state index contributed by atoms with van der Waals surface area (Å²) in [6.07, 6.45) is 0.614. The standard InChI is InChI=1S/C18H20N2O5/c1-11-9-19-14(12(2)17(11)23-3)10-20(18(21)22)13-4-5-15-16(8-13)25-7-6-24-15/h4-5,8-9H,6-7,10H2,1-3H3,(H,21,22). The van der Waals surface area contributed by atoms with Crippen molar-refractivity contribution in [3.05, 3.63) is 41.2 Å². The summed E-state index contributed by atoms with van der Waals surface area (Å²) in [4.78, 5) is 17.4. The third-order valence-corrected chi connectivity index (χ3v) is 4.13. The fourth-order valence-electron chi connectivity index (χ4n) is 2.85. The van der Waals surface area contributed by atoms with Crippen LogP contribution in [0, 0.1) is 13.8 Å². The van der Waals surface area contributed by atoms with E-state index in [9.17, 15) is 9.90 Å². The molecule has 25 heavy (non-hydrogen) atoms. The van der Waals surface area contributed by atoms with E-state index >= 15 is 0 Å². The lowest BCUT2D eigenvalue weighted by Crippen LogP contribution is -2.29. The lowest BCUT2D eigenvalue weighted by molar-refractivity contribution is 0.171. The van der Waals surface area contributed by atoms with Crippen molar-refractivity contribution >= 4 is 11.8 Å². The third-order valence-electron chi connectivity index (χ3n) is 4.13. The maximum atomic E-state index is 11.8. The van der Waals surface area contributed by atoms with E-state index in [1.165, 1.54) is 4.90 Å². The number of nitrogens with zero attached hydrogens (tertiary/aromatic N) is 2. The largest absolute Gasteiger partial charge is 0.496 e. The maximum absolute atomic E-state index is 11.8. The number of ether oxygens (including phenoxy) is 3. The highest BCUT2D eigenvalue weighted by molar-refractivity contribution is 5.86. The summed E-state index contributed by atoms with van der Waals surface area (Å²) in [5.74, 6) is 1.88. The van der Waals surface area contributed by atoms with E-state index in [2.05, 4.69) is 4.98 Å². The van der Waals surface area contributed by atoms with Crippen LogP contribution in [0.25, 0.3) is 0 Å². The van der Waals surface area contributed by atoms with Crippen molar-refractivity contribution in [2.24, 2.45) is 0 Å². The molecule has 0 saturated heterocycles. The Morgan fingerprint density at radius 3 is 2.68 bits per heavy atom. The molecule has 7 nitrogen and oxygen atoms in total. The number of pyridine rings is 1. The molecule has 1 N–H and O–H groups in total. The number of hydrogen-bond acceptors (Lipinski definition) is 5. The van der Waals surface area contributed by atoms with Crippen molar-refractivity contribution < 1.29 is 24.1 Å². The van der Waals surface area contributed by atoms with E-state index in [-0.39, 0.29) is 6.54 Å². The van der Waals surface area contributed by atoms with Gasteiger partial charge in [0.25, 0.3) is 0 Å². The highest BCUT2D eigenvalue weighted by Crippen LogP contribution is 2.35. The number of amides is 1. The van der Waals surface area contributed by atoms with Crippen LogP contribution in [-0.4, -0.2) is 36.5 Å². The van der Waals surface area contributed by atoms with E-state index in [1.54, 1.807) is 31.5 Å². The van der Waals surface area contributed by atoms with Crippen molar-refractivity contribution in [3.8, 4) is 17.2 Å². The minimum atomic E-state index is -1.07. The van der Waals surface area contributed by atoms with Crippen LogP contribution in [0.4, 0.5) is 10.5 Å². The first-order valence-corrected chi connectivity index (χ1v) is 7.90. The van der Waals surface area contributed by atoms with Gasteiger partial charge in [-0.3, -0.25) is 9.88 Å². The molecule has 0 radical (unpaired) electrons. The first-order valence-electron chi connectivity index (χ1n) is 7.90. The molecule has 2 aromatic rings. The molecule has 7 heteroatoms. The summed E-state index contributed by atoms with van der Waals surface area (Å²) >= 11 is 0. The van der Waals surface area contributed by atoms with Gasteiger partial charge in [-0.25, -0.2) is 4.79 Å². The summed E-state index contributed by atoms with van der Waals surface area (Å²) in [7, 11) is 1.59. The summed E-state index contributed by atoms with van der Waals surface area (Å²) in [5, 5.41) is 9.66. The van der Waals surface area contributed by atoms with E-state index in [0.29, 0.717) is 36.1 Å². The number of aryl methyl sites for hydroxylation is 1. The maximum Gasteiger partial charge on any atom is 0.412 e. The van der Waals surface area contributed by atoms with Crippen LogP contribution >= 0.6 is 0 Å². The number of hydrogen-bond donors (Lipinski definition) is 1. The smallest absolute Gasteiger partial charge is 0.412 e. The predicted molar refractivity (Wildman–Crippen MR) is 91.9 cm³/mol. The van der Waals surface area contributed by atoms with Crippen LogP contribution in [0.3, 0.4) is 0 Å². The number of aromatic nitrogens is 1. The van der Waals surface area contributed by atoms with Crippen LogP contribution < -0.4 is 19.1 Å². The van der Waals surface area contributed by atoms with E-state index in [4.69, 9.17) is 14.2 Å². The number of fused-ring (bicyclic) bond motifs is 1. The van der Waals surface area contributed by atoms with Crippen LogP contribution in [0.15, 0.2) is 24.4 Å². The van der Waals surface area contributed by atoms with Gasteiger partial charge >= 0.3 is 6.09 Å². The topological polar surface area (TPSA) is 81.1 Å². The summed E-state index contributed by atoms with van der Waals surface area (Å²) in [6.45, 7) is 4.81. The van der Waals surface area contributed by atoms with Crippen LogP contribution in [0.1, 0.15) is 16.8 Å². The number of carbonyl (C=O) groups is 1. The molecule has 1 aromatic carbocycles. The molecule has 3 rings (SSSR count). The molecule has 0 aliphatic carbocycles.